The average Bonchev–Trinajstić information content (AvgIpc) is 2.18. The van der Waals surface area contributed by atoms with Crippen molar-refractivity contribution in [1.29, 1.82) is 0 Å². The molecule has 78 valence electrons. The van der Waals surface area contributed by atoms with E-state index >= 15 is 0 Å². The molecular weight excluding hydrogens is 196 g/mol. The van der Waals surface area contributed by atoms with E-state index in [0.717, 1.165) is 12.2 Å². The van der Waals surface area contributed by atoms with E-state index in [1.54, 1.807) is 12.3 Å². The van der Waals surface area contributed by atoms with E-state index in [-0.39, 0.29) is 5.60 Å². The number of aromatic nitrogens is 2. The smallest absolute Gasteiger partial charge is 0.139 e. The van der Waals surface area contributed by atoms with Crippen molar-refractivity contribution >= 4 is 12.2 Å². The average molecular weight is 212 g/mol. The van der Waals surface area contributed by atoms with Crippen molar-refractivity contribution in [2.24, 2.45) is 0 Å². The summed E-state index contributed by atoms with van der Waals surface area (Å²) in [4.78, 5) is 7.32. The van der Waals surface area contributed by atoms with Crippen molar-refractivity contribution in [3.8, 4) is 0 Å². The fourth-order valence-corrected chi connectivity index (χ4v) is 1.45. The first-order chi connectivity index (χ1) is 6.62. The third-order valence-electron chi connectivity index (χ3n) is 2.31. The minimum atomic E-state index is -0.358. The SMILES string of the molecule is CCOC(C)(CC)c1nccc(=S)[nH]1. The van der Waals surface area contributed by atoms with Crippen LogP contribution in [-0.2, 0) is 10.3 Å². The number of aromatic amines is 1. The monoisotopic (exact) mass is 212 g/mol. The van der Waals surface area contributed by atoms with E-state index in [1.807, 2.05) is 13.8 Å². The zero-order chi connectivity index (χ0) is 10.6. The maximum Gasteiger partial charge on any atom is 0.139 e. The van der Waals surface area contributed by atoms with Gasteiger partial charge in [0.2, 0.25) is 0 Å². The zero-order valence-electron chi connectivity index (χ0n) is 8.83. The fourth-order valence-electron chi connectivity index (χ4n) is 1.30. The van der Waals surface area contributed by atoms with E-state index in [9.17, 15) is 0 Å². The molecule has 0 aromatic carbocycles. The number of nitrogens with one attached hydrogen (secondary N) is 1. The number of hydrogen-bond donors (Lipinski definition) is 1. The summed E-state index contributed by atoms with van der Waals surface area (Å²) in [5.41, 5.74) is -0.358. The third kappa shape index (κ3) is 2.39. The Balaban J connectivity index is 3.05. The fraction of sp³-hybridized carbons (Fsp3) is 0.600. The number of rotatable bonds is 4. The highest BCUT2D eigenvalue weighted by atomic mass is 32.1. The van der Waals surface area contributed by atoms with Crippen LogP contribution >= 0.6 is 12.2 Å². The van der Waals surface area contributed by atoms with E-state index in [1.165, 1.54) is 0 Å². The molecule has 0 radical (unpaired) electrons. The number of H-pyrrole nitrogens is 1. The van der Waals surface area contributed by atoms with Crippen LogP contribution < -0.4 is 0 Å². The van der Waals surface area contributed by atoms with Gasteiger partial charge in [0.25, 0.3) is 0 Å². The van der Waals surface area contributed by atoms with E-state index in [2.05, 4.69) is 16.9 Å². The van der Waals surface area contributed by atoms with Crippen molar-refractivity contribution in [3.63, 3.8) is 0 Å². The molecule has 1 heterocycles. The van der Waals surface area contributed by atoms with Gasteiger partial charge in [-0.1, -0.05) is 19.1 Å². The van der Waals surface area contributed by atoms with Crippen LogP contribution in [0, 0.1) is 4.64 Å². The van der Waals surface area contributed by atoms with Crippen LogP contribution in [0.4, 0.5) is 0 Å². The van der Waals surface area contributed by atoms with Gasteiger partial charge in [0, 0.05) is 12.8 Å². The van der Waals surface area contributed by atoms with Crippen LogP contribution in [0.25, 0.3) is 0 Å². The zero-order valence-corrected chi connectivity index (χ0v) is 9.65. The summed E-state index contributed by atoms with van der Waals surface area (Å²) in [6, 6.07) is 1.76. The van der Waals surface area contributed by atoms with Gasteiger partial charge in [-0.2, -0.15) is 0 Å². The predicted molar refractivity (Wildman–Crippen MR) is 58.7 cm³/mol. The van der Waals surface area contributed by atoms with Gasteiger partial charge in [-0.3, -0.25) is 0 Å². The molecule has 1 unspecified atom stereocenters. The molecule has 14 heavy (non-hydrogen) atoms. The molecule has 0 bridgehead atoms. The predicted octanol–water partition coefficient (Wildman–Crippen LogP) is 2.80. The highest BCUT2D eigenvalue weighted by Crippen LogP contribution is 2.25. The number of hydrogen-bond acceptors (Lipinski definition) is 3. The minimum absolute atomic E-state index is 0.358. The maximum absolute atomic E-state index is 5.68. The normalized spacial score (nSPS) is 15.1. The first kappa shape index (κ1) is 11.3. The first-order valence-corrected chi connectivity index (χ1v) is 5.23. The topological polar surface area (TPSA) is 37.9 Å². The Hall–Kier alpha value is -0.740. The molecule has 3 nitrogen and oxygen atoms in total. The minimum Gasteiger partial charge on any atom is -0.368 e. The lowest BCUT2D eigenvalue weighted by molar-refractivity contribution is -0.0391. The molecule has 0 aliphatic rings. The molecule has 1 aromatic rings. The van der Waals surface area contributed by atoms with Crippen LogP contribution in [0.5, 0.6) is 0 Å². The molecule has 0 aliphatic carbocycles. The summed E-state index contributed by atoms with van der Waals surface area (Å²) in [5, 5.41) is 0. The van der Waals surface area contributed by atoms with Crippen molar-refractivity contribution in [3.05, 3.63) is 22.7 Å². The van der Waals surface area contributed by atoms with Gasteiger partial charge < -0.3 is 9.72 Å². The molecule has 0 spiro atoms. The van der Waals surface area contributed by atoms with Crippen LogP contribution in [0.2, 0.25) is 0 Å². The maximum atomic E-state index is 5.68. The lowest BCUT2D eigenvalue weighted by Gasteiger charge is -2.26. The van der Waals surface area contributed by atoms with Gasteiger partial charge in [-0.25, -0.2) is 4.98 Å². The highest BCUT2D eigenvalue weighted by molar-refractivity contribution is 7.71. The molecule has 0 saturated heterocycles. The molecule has 1 N–H and O–H groups in total. The molecular formula is C10H16N2OS. The summed E-state index contributed by atoms with van der Waals surface area (Å²) in [6.45, 7) is 6.73. The molecule has 1 rings (SSSR count). The second-order valence-electron chi connectivity index (χ2n) is 3.30. The Morgan fingerprint density at radius 2 is 2.29 bits per heavy atom. The van der Waals surface area contributed by atoms with Gasteiger partial charge in [0.05, 0.1) is 0 Å². The second-order valence-corrected chi connectivity index (χ2v) is 3.74. The van der Waals surface area contributed by atoms with Gasteiger partial charge in [0.1, 0.15) is 16.1 Å². The van der Waals surface area contributed by atoms with Crippen LogP contribution in [0.15, 0.2) is 12.3 Å². The quantitative estimate of drug-likeness (QED) is 0.780. The molecule has 0 fully saturated rings. The molecule has 0 saturated carbocycles. The van der Waals surface area contributed by atoms with E-state index < -0.39 is 0 Å². The summed E-state index contributed by atoms with van der Waals surface area (Å²) in [7, 11) is 0. The number of ether oxygens (including phenoxy) is 1. The Labute approximate surface area is 89.5 Å². The van der Waals surface area contributed by atoms with Gasteiger partial charge in [0.15, 0.2) is 0 Å². The summed E-state index contributed by atoms with van der Waals surface area (Å²) in [6.07, 6.45) is 2.57. The highest BCUT2D eigenvalue weighted by Gasteiger charge is 2.26. The summed E-state index contributed by atoms with van der Waals surface area (Å²) in [5.74, 6) is 0.800. The Bertz CT molecular complexity index is 350. The van der Waals surface area contributed by atoms with Gasteiger partial charge >= 0.3 is 0 Å². The molecule has 4 heteroatoms. The first-order valence-electron chi connectivity index (χ1n) is 4.82. The standard InChI is InChI=1S/C10H16N2OS/c1-4-10(3,13-5-2)9-11-7-6-8(14)12-9/h6-7H,4-5H2,1-3H3,(H,11,12,14). The summed E-state index contributed by atoms with van der Waals surface area (Å²) < 4.78 is 6.37. The molecule has 0 amide bonds. The van der Waals surface area contributed by atoms with Gasteiger partial charge in [-0.05, 0) is 26.3 Å². The van der Waals surface area contributed by atoms with Crippen molar-refractivity contribution < 1.29 is 4.74 Å². The Morgan fingerprint density at radius 1 is 1.57 bits per heavy atom. The number of nitrogens with zero attached hydrogens (tertiary/aromatic N) is 1. The Kier molecular flexibility index (Phi) is 3.77. The third-order valence-corrected chi connectivity index (χ3v) is 2.55. The van der Waals surface area contributed by atoms with Crippen LogP contribution in [0.3, 0.4) is 0 Å². The van der Waals surface area contributed by atoms with E-state index in [4.69, 9.17) is 17.0 Å². The molecule has 1 atom stereocenters. The van der Waals surface area contributed by atoms with E-state index in [0.29, 0.717) is 11.2 Å². The van der Waals surface area contributed by atoms with Crippen LogP contribution in [0.1, 0.15) is 33.0 Å². The van der Waals surface area contributed by atoms with Crippen molar-refractivity contribution in [1.82, 2.24) is 9.97 Å². The molecule has 0 aliphatic heterocycles. The lowest BCUT2D eigenvalue weighted by Crippen LogP contribution is -2.27. The van der Waals surface area contributed by atoms with Crippen LogP contribution in [-0.4, -0.2) is 16.6 Å². The van der Waals surface area contributed by atoms with Gasteiger partial charge in [-0.15, -0.1) is 0 Å². The Morgan fingerprint density at radius 3 is 2.79 bits per heavy atom. The second kappa shape index (κ2) is 4.66. The van der Waals surface area contributed by atoms with Crippen molar-refractivity contribution in [2.75, 3.05) is 6.61 Å². The molecule has 1 aromatic heterocycles. The van der Waals surface area contributed by atoms with Crippen molar-refractivity contribution in [2.45, 2.75) is 32.8 Å². The largest absolute Gasteiger partial charge is 0.368 e. The summed E-state index contributed by atoms with van der Waals surface area (Å²) >= 11 is 5.05. The lowest BCUT2D eigenvalue weighted by atomic mass is 10.0.